The highest BCUT2D eigenvalue weighted by Gasteiger charge is 2.55. The van der Waals surface area contributed by atoms with E-state index < -0.39 is 29.4 Å². The summed E-state index contributed by atoms with van der Waals surface area (Å²) < 4.78 is 0. The number of imide groups is 2. The van der Waals surface area contributed by atoms with Crippen LogP contribution < -0.4 is 4.90 Å². The first-order valence-corrected chi connectivity index (χ1v) is 16.0. The molecule has 7 nitrogen and oxygen atoms in total. The molecule has 7 rings (SSSR count). The maximum atomic E-state index is 13.6. The van der Waals surface area contributed by atoms with Crippen molar-refractivity contribution in [3.05, 3.63) is 99.6 Å². The van der Waals surface area contributed by atoms with Crippen LogP contribution in [0.1, 0.15) is 123 Å². The molecule has 2 saturated carbocycles. The zero-order valence-electron chi connectivity index (χ0n) is 26.5. The highest BCUT2D eigenvalue weighted by atomic mass is 16.2. The SMILES string of the molecule is CC1CCC2C(CC1)C(C)(c1ccc(N3C(=O)c4ccc(C(=O)c5ccc6c(c5)C(=O)N(C)C6=O)cc4C3=O)cc1)CC2(C)C. The minimum Gasteiger partial charge on any atom is -0.289 e. The molecule has 2 aliphatic carbocycles. The lowest BCUT2D eigenvalue weighted by Crippen LogP contribution is -2.31. The summed E-state index contributed by atoms with van der Waals surface area (Å²) in [6, 6.07) is 16.8. The van der Waals surface area contributed by atoms with Crippen LogP contribution in [0.3, 0.4) is 0 Å². The molecule has 0 spiro atoms. The molecule has 0 saturated heterocycles. The fraction of sp³-hybridized carbons (Fsp3) is 0.395. The second-order valence-electron chi connectivity index (χ2n) is 14.6. The molecule has 4 aliphatic rings. The molecule has 0 bridgehead atoms. The molecule has 0 aromatic heterocycles. The third kappa shape index (κ3) is 4.34. The number of carbonyl (C=O) groups is 5. The van der Waals surface area contributed by atoms with Crippen molar-refractivity contribution in [2.45, 2.75) is 65.2 Å². The molecule has 7 heteroatoms. The van der Waals surface area contributed by atoms with Gasteiger partial charge in [-0.15, -0.1) is 0 Å². The Morgan fingerprint density at radius 2 is 1.18 bits per heavy atom. The predicted molar refractivity (Wildman–Crippen MR) is 171 cm³/mol. The number of nitrogens with zero attached hydrogens (tertiary/aromatic N) is 2. The summed E-state index contributed by atoms with van der Waals surface area (Å²) in [7, 11) is 1.40. The topological polar surface area (TPSA) is 91.8 Å². The van der Waals surface area contributed by atoms with Crippen molar-refractivity contribution in [3.8, 4) is 0 Å². The summed E-state index contributed by atoms with van der Waals surface area (Å²) in [4.78, 5) is 67.4. The number of anilines is 1. The molecule has 0 radical (unpaired) electrons. The van der Waals surface area contributed by atoms with Crippen LogP contribution in [-0.2, 0) is 5.41 Å². The summed E-state index contributed by atoms with van der Waals surface area (Å²) >= 11 is 0. The Bertz CT molecular complexity index is 1820. The lowest BCUT2D eigenvalue weighted by atomic mass is 9.70. The Morgan fingerprint density at radius 1 is 0.667 bits per heavy atom. The quantitative estimate of drug-likeness (QED) is 0.235. The molecular formula is C38H38N2O5. The third-order valence-electron chi connectivity index (χ3n) is 11.4. The number of fused-ring (bicyclic) bond motifs is 3. The molecular weight excluding hydrogens is 564 g/mol. The van der Waals surface area contributed by atoms with E-state index in [0.717, 1.165) is 17.2 Å². The lowest BCUT2D eigenvalue weighted by molar-refractivity contribution is 0.0692. The zero-order chi connectivity index (χ0) is 32.0. The van der Waals surface area contributed by atoms with Crippen LogP contribution in [0.2, 0.25) is 0 Å². The van der Waals surface area contributed by atoms with Crippen LogP contribution >= 0.6 is 0 Å². The van der Waals surface area contributed by atoms with Gasteiger partial charge in [-0.25, -0.2) is 4.90 Å². The fourth-order valence-corrected chi connectivity index (χ4v) is 8.97. The summed E-state index contributed by atoms with van der Waals surface area (Å²) in [6.07, 6.45) is 6.15. The van der Waals surface area contributed by atoms with E-state index >= 15 is 0 Å². The molecule has 3 aromatic rings. The first-order valence-electron chi connectivity index (χ1n) is 16.0. The lowest BCUT2D eigenvalue weighted by Gasteiger charge is -2.34. The Hall–Kier alpha value is -4.39. The van der Waals surface area contributed by atoms with Gasteiger partial charge in [0.05, 0.1) is 27.9 Å². The van der Waals surface area contributed by atoms with Crippen molar-refractivity contribution in [1.29, 1.82) is 0 Å². The molecule has 3 aromatic carbocycles. The van der Waals surface area contributed by atoms with Crippen molar-refractivity contribution in [2.24, 2.45) is 23.2 Å². The number of hydrogen-bond acceptors (Lipinski definition) is 5. The second kappa shape index (κ2) is 10.1. The summed E-state index contributed by atoms with van der Waals surface area (Å²) in [6.45, 7) is 9.61. The van der Waals surface area contributed by atoms with Gasteiger partial charge in [-0.05, 0) is 89.8 Å². The van der Waals surface area contributed by atoms with Crippen molar-refractivity contribution in [1.82, 2.24) is 4.90 Å². The van der Waals surface area contributed by atoms with Crippen LogP contribution in [0.15, 0.2) is 60.7 Å². The van der Waals surface area contributed by atoms with Gasteiger partial charge in [0, 0.05) is 18.2 Å². The Kier molecular flexibility index (Phi) is 6.56. The fourth-order valence-electron chi connectivity index (χ4n) is 8.97. The van der Waals surface area contributed by atoms with E-state index in [2.05, 4.69) is 39.8 Å². The molecule has 45 heavy (non-hydrogen) atoms. The minimum atomic E-state index is -0.472. The predicted octanol–water partition coefficient (Wildman–Crippen LogP) is 7.07. The van der Waals surface area contributed by atoms with Crippen molar-refractivity contribution in [2.75, 3.05) is 11.9 Å². The van der Waals surface area contributed by atoms with Crippen LogP contribution in [0, 0.1) is 23.2 Å². The molecule has 2 heterocycles. The number of benzene rings is 3. The maximum absolute atomic E-state index is 13.6. The number of ketones is 1. The molecule has 0 N–H and O–H groups in total. The van der Waals surface area contributed by atoms with Crippen molar-refractivity contribution < 1.29 is 24.0 Å². The summed E-state index contributed by atoms with van der Waals surface area (Å²) in [5.41, 5.74) is 3.34. The molecule has 4 unspecified atom stereocenters. The average molecular weight is 603 g/mol. The van der Waals surface area contributed by atoms with Gasteiger partial charge in [0.15, 0.2) is 5.78 Å². The van der Waals surface area contributed by atoms with Gasteiger partial charge in [0.25, 0.3) is 23.6 Å². The average Bonchev–Trinajstić information content (AvgIpc) is 3.38. The van der Waals surface area contributed by atoms with Gasteiger partial charge in [-0.2, -0.15) is 0 Å². The highest BCUT2D eigenvalue weighted by molar-refractivity contribution is 6.35. The van der Waals surface area contributed by atoms with Gasteiger partial charge >= 0.3 is 0 Å². The smallest absolute Gasteiger partial charge is 0.266 e. The van der Waals surface area contributed by atoms with Crippen LogP contribution in [0.4, 0.5) is 5.69 Å². The van der Waals surface area contributed by atoms with Crippen molar-refractivity contribution in [3.63, 3.8) is 0 Å². The van der Waals surface area contributed by atoms with E-state index in [0.29, 0.717) is 17.5 Å². The number of amides is 4. The van der Waals surface area contributed by atoms with Gasteiger partial charge in [0.2, 0.25) is 0 Å². The molecule has 2 aliphatic heterocycles. The van der Waals surface area contributed by atoms with E-state index in [1.807, 2.05) is 12.1 Å². The Balaban J connectivity index is 1.15. The highest BCUT2D eigenvalue weighted by Crippen LogP contribution is 2.62. The third-order valence-corrected chi connectivity index (χ3v) is 11.4. The maximum Gasteiger partial charge on any atom is 0.266 e. The zero-order valence-corrected chi connectivity index (χ0v) is 26.5. The molecule has 4 atom stereocenters. The van der Waals surface area contributed by atoms with E-state index in [1.165, 1.54) is 79.6 Å². The first-order chi connectivity index (χ1) is 21.3. The minimum absolute atomic E-state index is 0.0267. The van der Waals surface area contributed by atoms with Gasteiger partial charge in [-0.1, -0.05) is 64.8 Å². The van der Waals surface area contributed by atoms with E-state index in [-0.39, 0.29) is 44.2 Å². The Labute approximate surface area is 263 Å². The summed E-state index contributed by atoms with van der Waals surface area (Å²) in [5, 5.41) is 0. The monoisotopic (exact) mass is 602 g/mol. The van der Waals surface area contributed by atoms with Crippen LogP contribution in [0.5, 0.6) is 0 Å². The van der Waals surface area contributed by atoms with Crippen LogP contribution in [0.25, 0.3) is 0 Å². The van der Waals surface area contributed by atoms with E-state index in [4.69, 9.17) is 0 Å². The van der Waals surface area contributed by atoms with Crippen molar-refractivity contribution >= 4 is 35.1 Å². The summed E-state index contributed by atoms with van der Waals surface area (Å²) in [5.74, 6) is -0.128. The van der Waals surface area contributed by atoms with E-state index in [1.54, 1.807) is 0 Å². The molecule has 4 amide bonds. The standard InChI is InChI=1S/C38H38N2O5/c1-21-6-16-30-31(17-7-21)38(4,20-37(30,2)3)24-10-12-25(13-11-24)40-35(44)27-15-9-23(19-29(27)36(40)45)32(41)22-8-14-26-28(18-22)34(43)39(5)33(26)42/h8-15,18-19,21,30-31H,6-7,16-17,20H2,1-5H3. The van der Waals surface area contributed by atoms with E-state index in [9.17, 15) is 24.0 Å². The number of hydrogen-bond donors (Lipinski definition) is 0. The molecule has 2 fully saturated rings. The number of carbonyl (C=O) groups excluding carboxylic acids is 5. The largest absolute Gasteiger partial charge is 0.289 e. The van der Waals surface area contributed by atoms with Gasteiger partial charge in [0.1, 0.15) is 0 Å². The van der Waals surface area contributed by atoms with Crippen LogP contribution in [-0.4, -0.2) is 41.4 Å². The normalized spacial score (nSPS) is 27.0. The molecule has 230 valence electrons. The number of rotatable bonds is 4. The second-order valence-corrected chi connectivity index (χ2v) is 14.6. The van der Waals surface area contributed by atoms with Gasteiger partial charge in [-0.3, -0.25) is 28.9 Å². The first kappa shape index (κ1) is 29.3. The van der Waals surface area contributed by atoms with Gasteiger partial charge < -0.3 is 0 Å². The Morgan fingerprint density at radius 3 is 1.80 bits per heavy atom.